The molecule has 0 saturated carbocycles. The second-order valence-electron chi connectivity index (χ2n) is 5.65. The number of esters is 1. The molecule has 0 aromatic heterocycles. The molecular weight excluding hydrogens is 290 g/mol. The maximum Gasteiger partial charge on any atom is 0.329 e. The van der Waals surface area contributed by atoms with Crippen molar-refractivity contribution in [1.82, 2.24) is 5.32 Å². The van der Waals surface area contributed by atoms with Crippen LogP contribution < -0.4 is 5.32 Å². The van der Waals surface area contributed by atoms with Gasteiger partial charge in [0, 0.05) is 5.56 Å². The van der Waals surface area contributed by atoms with Gasteiger partial charge < -0.3 is 10.1 Å². The molecule has 0 spiro atoms. The van der Waals surface area contributed by atoms with Gasteiger partial charge in [-0.15, -0.1) is 0 Å². The number of carbonyl (C=O) groups is 2. The smallest absolute Gasteiger partial charge is 0.329 e. The van der Waals surface area contributed by atoms with Crippen molar-refractivity contribution in [3.63, 3.8) is 0 Å². The highest BCUT2D eigenvalue weighted by atomic mass is 16.5. The largest absolute Gasteiger partial charge is 0.459 e. The van der Waals surface area contributed by atoms with E-state index in [9.17, 15) is 9.59 Å². The van der Waals surface area contributed by atoms with Crippen LogP contribution in [0.3, 0.4) is 0 Å². The van der Waals surface area contributed by atoms with Crippen molar-refractivity contribution in [2.45, 2.75) is 26.5 Å². The second kappa shape index (κ2) is 8.13. The number of benzene rings is 2. The summed E-state index contributed by atoms with van der Waals surface area (Å²) < 4.78 is 5.33. The predicted molar refractivity (Wildman–Crippen MR) is 88.8 cm³/mol. The van der Waals surface area contributed by atoms with Crippen molar-refractivity contribution in [1.29, 1.82) is 0 Å². The fraction of sp³-hybridized carbons (Fsp3) is 0.263. The van der Waals surface area contributed by atoms with Crippen LogP contribution in [0.5, 0.6) is 0 Å². The molecule has 4 heteroatoms. The van der Waals surface area contributed by atoms with Gasteiger partial charge in [-0.05, 0) is 23.6 Å². The first-order chi connectivity index (χ1) is 11.1. The van der Waals surface area contributed by atoms with Crippen LogP contribution in [0.15, 0.2) is 60.7 Å². The summed E-state index contributed by atoms with van der Waals surface area (Å²) in [5, 5.41) is 2.76. The number of rotatable bonds is 6. The number of ether oxygens (including phenoxy) is 1. The molecule has 0 aliphatic rings. The Morgan fingerprint density at radius 2 is 1.52 bits per heavy atom. The molecule has 0 aliphatic carbocycles. The average molecular weight is 311 g/mol. The fourth-order valence-electron chi connectivity index (χ4n) is 2.13. The standard InChI is InChI=1S/C19H21NO3/c1-14(2)17(20-18(21)16-11-7-4-8-12-16)19(22)23-13-15-9-5-3-6-10-15/h3-12,14,17H,13H2,1-2H3,(H,20,21)/t17-/m1/s1. The lowest BCUT2D eigenvalue weighted by Crippen LogP contribution is -2.45. The van der Waals surface area contributed by atoms with Gasteiger partial charge in [0.05, 0.1) is 0 Å². The first-order valence-corrected chi connectivity index (χ1v) is 7.64. The monoisotopic (exact) mass is 311 g/mol. The third kappa shape index (κ3) is 4.95. The normalized spacial score (nSPS) is 11.8. The van der Waals surface area contributed by atoms with Crippen LogP contribution >= 0.6 is 0 Å². The highest BCUT2D eigenvalue weighted by Crippen LogP contribution is 2.09. The van der Waals surface area contributed by atoms with Gasteiger partial charge in [-0.2, -0.15) is 0 Å². The third-order valence-corrected chi connectivity index (χ3v) is 3.47. The number of hydrogen-bond acceptors (Lipinski definition) is 3. The summed E-state index contributed by atoms with van der Waals surface area (Å²) >= 11 is 0. The molecule has 1 atom stereocenters. The highest BCUT2D eigenvalue weighted by Gasteiger charge is 2.26. The summed E-state index contributed by atoms with van der Waals surface area (Å²) in [6.07, 6.45) is 0. The van der Waals surface area contributed by atoms with Crippen molar-refractivity contribution in [2.24, 2.45) is 5.92 Å². The molecule has 0 fully saturated rings. The Morgan fingerprint density at radius 3 is 2.09 bits per heavy atom. The van der Waals surface area contributed by atoms with Crippen LogP contribution in [0.1, 0.15) is 29.8 Å². The van der Waals surface area contributed by atoms with E-state index < -0.39 is 12.0 Å². The second-order valence-corrected chi connectivity index (χ2v) is 5.65. The SMILES string of the molecule is CC(C)[C@@H](NC(=O)c1ccccc1)C(=O)OCc1ccccc1. The molecule has 0 bridgehead atoms. The Balaban J connectivity index is 1.97. The number of hydrogen-bond donors (Lipinski definition) is 1. The van der Waals surface area contributed by atoms with Gasteiger partial charge in [0.15, 0.2) is 0 Å². The lowest BCUT2D eigenvalue weighted by molar-refractivity contribution is -0.148. The molecular formula is C19H21NO3. The van der Waals surface area contributed by atoms with E-state index >= 15 is 0 Å². The minimum Gasteiger partial charge on any atom is -0.459 e. The number of amides is 1. The maximum absolute atomic E-state index is 12.3. The van der Waals surface area contributed by atoms with Crippen LogP contribution in [0.25, 0.3) is 0 Å². The Hall–Kier alpha value is -2.62. The van der Waals surface area contributed by atoms with Gasteiger partial charge in [0.2, 0.25) is 0 Å². The minimum absolute atomic E-state index is 0.0639. The van der Waals surface area contributed by atoms with Gasteiger partial charge in [-0.1, -0.05) is 62.4 Å². The van der Waals surface area contributed by atoms with E-state index in [0.29, 0.717) is 5.56 Å². The zero-order valence-corrected chi connectivity index (χ0v) is 13.4. The molecule has 0 heterocycles. The quantitative estimate of drug-likeness (QED) is 0.834. The van der Waals surface area contributed by atoms with Gasteiger partial charge in [0.1, 0.15) is 12.6 Å². The molecule has 1 amide bonds. The number of nitrogens with one attached hydrogen (secondary N) is 1. The van der Waals surface area contributed by atoms with Crippen molar-refractivity contribution < 1.29 is 14.3 Å². The molecule has 120 valence electrons. The van der Waals surface area contributed by atoms with E-state index in [-0.39, 0.29) is 18.4 Å². The lowest BCUT2D eigenvalue weighted by Gasteiger charge is -2.21. The highest BCUT2D eigenvalue weighted by molar-refractivity contribution is 5.96. The lowest BCUT2D eigenvalue weighted by atomic mass is 10.0. The summed E-state index contributed by atoms with van der Waals surface area (Å²) in [5.41, 5.74) is 1.44. The molecule has 2 aromatic rings. The molecule has 0 radical (unpaired) electrons. The van der Waals surface area contributed by atoms with Crippen molar-refractivity contribution in [2.75, 3.05) is 0 Å². The predicted octanol–water partition coefficient (Wildman–Crippen LogP) is 3.18. The molecule has 0 saturated heterocycles. The first-order valence-electron chi connectivity index (χ1n) is 7.64. The number of carbonyl (C=O) groups excluding carboxylic acids is 2. The Labute approximate surface area is 136 Å². The van der Waals surface area contributed by atoms with Crippen molar-refractivity contribution in [3.05, 3.63) is 71.8 Å². The van der Waals surface area contributed by atoms with Gasteiger partial charge in [0.25, 0.3) is 5.91 Å². The summed E-state index contributed by atoms with van der Waals surface area (Å²) in [5.74, 6) is -0.764. The Morgan fingerprint density at radius 1 is 0.957 bits per heavy atom. The zero-order chi connectivity index (χ0) is 16.7. The molecule has 0 unspecified atom stereocenters. The third-order valence-electron chi connectivity index (χ3n) is 3.47. The molecule has 1 N–H and O–H groups in total. The average Bonchev–Trinajstić information content (AvgIpc) is 2.58. The molecule has 2 rings (SSSR count). The van der Waals surface area contributed by atoms with Gasteiger partial charge in [-0.3, -0.25) is 4.79 Å². The van der Waals surface area contributed by atoms with Crippen LogP contribution in [0, 0.1) is 5.92 Å². The summed E-state index contributed by atoms with van der Waals surface area (Å²) in [6, 6.07) is 17.6. The van der Waals surface area contributed by atoms with E-state index in [0.717, 1.165) is 5.56 Å². The van der Waals surface area contributed by atoms with Crippen molar-refractivity contribution >= 4 is 11.9 Å². The Bertz CT molecular complexity index is 638. The fourth-order valence-corrected chi connectivity index (χ4v) is 2.13. The molecule has 2 aromatic carbocycles. The van der Waals surface area contributed by atoms with Gasteiger partial charge in [-0.25, -0.2) is 4.79 Å². The van der Waals surface area contributed by atoms with Crippen molar-refractivity contribution in [3.8, 4) is 0 Å². The molecule has 4 nitrogen and oxygen atoms in total. The Kier molecular flexibility index (Phi) is 5.92. The van der Waals surface area contributed by atoms with E-state index in [1.165, 1.54) is 0 Å². The van der Waals surface area contributed by atoms with E-state index in [4.69, 9.17) is 4.74 Å². The van der Waals surface area contributed by atoms with Crippen LogP contribution in [0.2, 0.25) is 0 Å². The van der Waals surface area contributed by atoms with E-state index in [1.54, 1.807) is 24.3 Å². The van der Waals surface area contributed by atoms with Crippen LogP contribution in [-0.4, -0.2) is 17.9 Å². The first kappa shape index (κ1) is 16.7. The summed E-state index contributed by atoms with van der Waals surface area (Å²) in [4.78, 5) is 24.5. The van der Waals surface area contributed by atoms with Crippen LogP contribution in [0.4, 0.5) is 0 Å². The summed E-state index contributed by atoms with van der Waals surface area (Å²) in [7, 11) is 0. The molecule has 0 aliphatic heterocycles. The maximum atomic E-state index is 12.3. The van der Waals surface area contributed by atoms with E-state index in [2.05, 4.69) is 5.32 Å². The van der Waals surface area contributed by atoms with Crippen LogP contribution in [-0.2, 0) is 16.1 Å². The zero-order valence-electron chi connectivity index (χ0n) is 13.4. The summed E-state index contributed by atoms with van der Waals surface area (Å²) in [6.45, 7) is 3.95. The van der Waals surface area contributed by atoms with Gasteiger partial charge >= 0.3 is 5.97 Å². The molecule has 23 heavy (non-hydrogen) atoms. The minimum atomic E-state index is -0.675. The van der Waals surface area contributed by atoms with E-state index in [1.807, 2.05) is 50.2 Å². The topological polar surface area (TPSA) is 55.4 Å².